The molecule has 1 fully saturated rings. The van der Waals surface area contributed by atoms with Crippen LogP contribution in [0.4, 0.5) is 10.5 Å². The molecule has 1 aliphatic heterocycles. The van der Waals surface area contributed by atoms with E-state index in [1.54, 1.807) is 42.7 Å². The molecule has 3 amide bonds. The Morgan fingerprint density at radius 3 is 2.86 bits per heavy atom. The van der Waals surface area contributed by atoms with Crippen LogP contribution in [0.3, 0.4) is 0 Å². The Morgan fingerprint density at radius 2 is 2.14 bits per heavy atom. The van der Waals surface area contributed by atoms with Gasteiger partial charge in [-0.25, -0.2) is 4.79 Å². The molecule has 0 saturated carbocycles. The van der Waals surface area contributed by atoms with Crippen LogP contribution in [0.25, 0.3) is 0 Å². The minimum atomic E-state index is -0.653. The van der Waals surface area contributed by atoms with Crippen molar-refractivity contribution in [3.63, 3.8) is 0 Å². The number of anilines is 1. The summed E-state index contributed by atoms with van der Waals surface area (Å²) in [6.45, 7) is 0.649. The maximum absolute atomic E-state index is 12.8. The molecule has 0 radical (unpaired) electrons. The van der Waals surface area contributed by atoms with E-state index in [0.717, 1.165) is 4.88 Å². The molecule has 2 N–H and O–H groups in total. The van der Waals surface area contributed by atoms with E-state index in [1.807, 2.05) is 17.5 Å². The van der Waals surface area contributed by atoms with Gasteiger partial charge in [0, 0.05) is 23.1 Å². The second-order valence-electron chi connectivity index (χ2n) is 6.15. The largest absolute Gasteiger partial charge is 0.497 e. The van der Waals surface area contributed by atoms with E-state index in [0.29, 0.717) is 30.1 Å². The first-order valence-corrected chi connectivity index (χ1v) is 9.59. The number of methoxy groups -OCH3 is 1. The average molecular weight is 402 g/mol. The van der Waals surface area contributed by atoms with Gasteiger partial charge in [0.05, 0.1) is 25.9 Å². The van der Waals surface area contributed by atoms with Crippen molar-refractivity contribution in [2.75, 3.05) is 26.1 Å². The zero-order valence-electron chi connectivity index (χ0n) is 15.7. The smallest absolute Gasteiger partial charge is 0.322 e. The van der Waals surface area contributed by atoms with Crippen LogP contribution in [-0.2, 0) is 16.2 Å². The maximum Gasteiger partial charge on any atom is 0.322 e. The van der Waals surface area contributed by atoms with Gasteiger partial charge in [0.15, 0.2) is 0 Å². The highest BCUT2D eigenvalue weighted by Crippen LogP contribution is 2.21. The molecular formula is C19H22N4O4S. The highest BCUT2D eigenvalue weighted by Gasteiger charge is 2.38. The normalized spacial score (nSPS) is 17.4. The number of thiophene rings is 1. The molecule has 1 saturated heterocycles. The molecule has 3 rings (SSSR count). The third-order valence-corrected chi connectivity index (χ3v) is 5.16. The monoisotopic (exact) mass is 402 g/mol. The number of likely N-dealkylation sites (tertiary alicyclic amines) is 1. The summed E-state index contributed by atoms with van der Waals surface area (Å²) in [5.74, 6) is 0.404. The molecule has 1 aliphatic rings. The second kappa shape index (κ2) is 9.23. The zero-order chi connectivity index (χ0) is 19.9. The minimum Gasteiger partial charge on any atom is -0.497 e. The summed E-state index contributed by atoms with van der Waals surface area (Å²) in [6.07, 6.45) is 0.329. The number of hydrogen-bond donors (Lipinski definition) is 2. The fourth-order valence-electron chi connectivity index (χ4n) is 2.95. The number of rotatable bonds is 6. The molecule has 0 spiro atoms. The van der Waals surface area contributed by atoms with Gasteiger partial charge in [0.25, 0.3) is 0 Å². The van der Waals surface area contributed by atoms with E-state index < -0.39 is 6.04 Å². The van der Waals surface area contributed by atoms with Gasteiger partial charge in [-0.1, -0.05) is 17.3 Å². The Bertz CT molecular complexity index is 853. The topological polar surface area (TPSA) is 92.3 Å². The highest BCUT2D eigenvalue weighted by molar-refractivity contribution is 7.09. The van der Waals surface area contributed by atoms with Crippen molar-refractivity contribution in [2.45, 2.75) is 19.0 Å². The number of amides is 3. The average Bonchev–Trinajstić information content (AvgIpc) is 3.36. The molecule has 28 heavy (non-hydrogen) atoms. The number of oxime groups is 1. The zero-order valence-corrected chi connectivity index (χ0v) is 16.5. The Kier molecular flexibility index (Phi) is 6.49. The van der Waals surface area contributed by atoms with E-state index >= 15 is 0 Å². The summed E-state index contributed by atoms with van der Waals surface area (Å²) in [5.41, 5.74) is 1.22. The second-order valence-corrected chi connectivity index (χ2v) is 7.18. The maximum atomic E-state index is 12.8. The lowest BCUT2D eigenvalue weighted by Crippen LogP contribution is -2.47. The number of nitrogens with one attached hydrogen (secondary N) is 2. The van der Waals surface area contributed by atoms with Crippen LogP contribution >= 0.6 is 11.3 Å². The SMILES string of the molecule is CON=C1C[C@@H](C(=O)NCc2cccs2)N(C(=O)Nc2cccc(OC)c2)C1. The number of benzene rings is 1. The molecule has 9 heteroatoms. The molecule has 0 aliphatic carbocycles. The summed E-state index contributed by atoms with van der Waals surface area (Å²) < 4.78 is 5.17. The third kappa shape index (κ3) is 4.80. The molecule has 1 atom stereocenters. The van der Waals surface area contributed by atoms with Crippen molar-refractivity contribution in [3.05, 3.63) is 46.7 Å². The number of carbonyl (C=O) groups is 2. The van der Waals surface area contributed by atoms with E-state index in [4.69, 9.17) is 9.57 Å². The van der Waals surface area contributed by atoms with E-state index in [2.05, 4.69) is 15.8 Å². The first kappa shape index (κ1) is 19.7. The number of urea groups is 1. The first-order valence-electron chi connectivity index (χ1n) is 8.71. The number of hydrogen-bond acceptors (Lipinski definition) is 6. The Morgan fingerprint density at radius 1 is 1.29 bits per heavy atom. The fraction of sp³-hybridized carbons (Fsp3) is 0.316. The molecule has 0 unspecified atom stereocenters. The first-order chi connectivity index (χ1) is 13.6. The Balaban J connectivity index is 1.70. The predicted octanol–water partition coefficient (Wildman–Crippen LogP) is 2.68. The van der Waals surface area contributed by atoms with Gasteiger partial charge in [0.2, 0.25) is 5.91 Å². The van der Waals surface area contributed by atoms with E-state index in [-0.39, 0.29) is 18.5 Å². The van der Waals surface area contributed by atoms with Crippen molar-refractivity contribution in [1.29, 1.82) is 0 Å². The molecule has 8 nitrogen and oxygen atoms in total. The summed E-state index contributed by atoms with van der Waals surface area (Å²) >= 11 is 1.57. The number of nitrogens with zero attached hydrogens (tertiary/aromatic N) is 2. The van der Waals surface area contributed by atoms with Gasteiger partial charge in [-0.05, 0) is 23.6 Å². The Labute approximate surface area is 167 Å². The van der Waals surface area contributed by atoms with Crippen molar-refractivity contribution < 1.29 is 19.2 Å². The van der Waals surface area contributed by atoms with E-state index in [1.165, 1.54) is 12.0 Å². The van der Waals surface area contributed by atoms with Crippen LogP contribution in [0.1, 0.15) is 11.3 Å². The number of carbonyl (C=O) groups excluding carboxylic acids is 2. The predicted molar refractivity (Wildman–Crippen MR) is 108 cm³/mol. The molecular weight excluding hydrogens is 380 g/mol. The summed E-state index contributed by atoms with van der Waals surface area (Å²) in [6, 6.07) is 9.88. The fourth-order valence-corrected chi connectivity index (χ4v) is 3.59. The lowest BCUT2D eigenvalue weighted by atomic mass is 10.2. The van der Waals surface area contributed by atoms with Gasteiger partial charge >= 0.3 is 6.03 Å². The van der Waals surface area contributed by atoms with Crippen LogP contribution in [0, 0.1) is 0 Å². The van der Waals surface area contributed by atoms with Gasteiger partial charge in [-0.2, -0.15) is 0 Å². The highest BCUT2D eigenvalue weighted by atomic mass is 32.1. The van der Waals surface area contributed by atoms with Crippen LogP contribution in [-0.4, -0.2) is 49.4 Å². The molecule has 1 aromatic carbocycles. The lowest BCUT2D eigenvalue weighted by molar-refractivity contribution is -0.124. The number of ether oxygens (including phenoxy) is 1. The van der Waals surface area contributed by atoms with E-state index in [9.17, 15) is 9.59 Å². The van der Waals surface area contributed by atoms with Gasteiger partial charge < -0.3 is 25.1 Å². The third-order valence-electron chi connectivity index (χ3n) is 4.28. The summed E-state index contributed by atoms with van der Waals surface area (Å²) in [4.78, 5) is 32.9. The lowest BCUT2D eigenvalue weighted by Gasteiger charge is -2.23. The minimum absolute atomic E-state index is 0.223. The van der Waals surface area contributed by atoms with Crippen molar-refractivity contribution >= 4 is 34.7 Å². The summed E-state index contributed by atoms with van der Waals surface area (Å²) in [7, 11) is 3.00. The van der Waals surface area contributed by atoms with Gasteiger partial charge in [0.1, 0.15) is 18.9 Å². The molecule has 148 valence electrons. The van der Waals surface area contributed by atoms with Gasteiger partial charge in [-0.3, -0.25) is 4.79 Å². The van der Waals surface area contributed by atoms with Crippen LogP contribution in [0.5, 0.6) is 5.75 Å². The van der Waals surface area contributed by atoms with Crippen molar-refractivity contribution in [1.82, 2.24) is 10.2 Å². The molecule has 2 heterocycles. The van der Waals surface area contributed by atoms with Crippen molar-refractivity contribution in [3.8, 4) is 5.75 Å². The van der Waals surface area contributed by atoms with Crippen LogP contribution in [0.15, 0.2) is 46.9 Å². The van der Waals surface area contributed by atoms with Gasteiger partial charge in [-0.15, -0.1) is 11.3 Å². The quantitative estimate of drug-likeness (QED) is 0.727. The molecule has 0 bridgehead atoms. The summed E-state index contributed by atoms with van der Waals surface area (Å²) in [5, 5.41) is 11.6. The van der Waals surface area contributed by atoms with Crippen molar-refractivity contribution in [2.24, 2.45) is 5.16 Å². The Hall–Kier alpha value is -3.07. The molecule has 1 aromatic heterocycles. The molecule has 2 aromatic rings. The van der Waals surface area contributed by atoms with Crippen LogP contribution in [0.2, 0.25) is 0 Å². The standard InChI is InChI=1S/C19H22N4O4S/c1-26-15-6-3-5-13(9-15)21-19(25)23-12-14(22-27-2)10-17(23)18(24)20-11-16-7-4-8-28-16/h3-9,17H,10-12H2,1-2H3,(H,20,24)(H,21,25)/t17-/m0/s1. The van der Waals surface area contributed by atoms with Crippen LogP contribution < -0.4 is 15.4 Å².